The number of carbonyl (C=O) groups is 1. The summed E-state index contributed by atoms with van der Waals surface area (Å²) in [5, 5.41) is 6.74. The van der Waals surface area contributed by atoms with Crippen molar-refractivity contribution in [3.63, 3.8) is 0 Å². The molecule has 1 aromatic carbocycles. The van der Waals surface area contributed by atoms with Gasteiger partial charge in [-0.05, 0) is 31.2 Å². The number of benzene rings is 1. The summed E-state index contributed by atoms with van der Waals surface area (Å²) in [5.74, 6) is -0.207. The number of methoxy groups -OCH3 is 2. The van der Waals surface area contributed by atoms with Crippen LogP contribution in [0.25, 0.3) is 0 Å². The molecule has 12 heteroatoms. The second-order valence-electron chi connectivity index (χ2n) is 6.13. The quantitative estimate of drug-likeness (QED) is 0.574. The van der Waals surface area contributed by atoms with Gasteiger partial charge in [-0.2, -0.15) is 15.1 Å². The lowest BCUT2D eigenvalue weighted by Crippen LogP contribution is -2.15. The minimum absolute atomic E-state index is 0.0110. The molecule has 0 atom stereocenters. The number of aryl methyl sites for hydroxylation is 1. The van der Waals surface area contributed by atoms with Crippen molar-refractivity contribution >= 4 is 27.4 Å². The van der Waals surface area contributed by atoms with Crippen LogP contribution in [0, 0.1) is 6.92 Å². The number of anilines is 2. The Labute approximate surface area is 173 Å². The van der Waals surface area contributed by atoms with Crippen molar-refractivity contribution in [2.24, 2.45) is 7.05 Å². The van der Waals surface area contributed by atoms with Crippen molar-refractivity contribution in [3.8, 4) is 11.9 Å². The number of hydrogen-bond donors (Lipinski definition) is 2. The molecule has 0 unspecified atom stereocenters. The van der Waals surface area contributed by atoms with Crippen LogP contribution in [-0.2, 0) is 17.1 Å². The lowest BCUT2D eigenvalue weighted by molar-refractivity contribution is 0.102. The van der Waals surface area contributed by atoms with Gasteiger partial charge in [0.2, 0.25) is 5.88 Å². The van der Waals surface area contributed by atoms with Crippen LogP contribution in [0.4, 0.5) is 11.5 Å². The molecular formula is C18H20N6O5S. The smallest absolute Gasteiger partial charge is 0.321 e. The number of sulfonamides is 1. The Kier molecular flexibility index (Phi) is 5.87. The lowest BCUT2D eigenvalue weighted by atomic mass is 10.2. The number of carbonyl (C=O) groups excluding carboxylic acids is 1. The normalized spacial score (nSPS) is 11.1. The zero-order valence-electron chi connectivity index (χ0n) is 16.7. The van der Waals surface area contributed by atoms with Crippen LogP contribution in [0.2, 0.25) is 0 Å². The Balaban J connectivity index is 1.76. The Bertz CT molecular complexity index is 1150. The van der Waals surface area contributed by atoms with Crippen molar-refractivity contribution in [1.29, 1.82) is 0 Å². The topological polar surface area (TPSA) is 137 Å². The second kappa shape index (κ2) is 8.37. The van der Waals surface area contributed by atoms with Gasteiger partial charge in [0.15, 0.2) is 5.82 Å². The molecule has 11 nitrogen and oxygen atoms in total. The molecule has 0 aliphatic heterocycles. The molecule has 0 saturated heterocycles. The molecule has 2 heterocycles. The van der Waals surface area contributed by atoms with Crippen LogP contribution in [0.3, 0.4) is 0 Å². The molecule has 158 valence electrons. The van der Waals surface area contributed by atoms with E-state index in [0.717, 1.165) is 0 Å². The van der Waals surface area contributed by atoms with E-state index in [1.54, 1.807) is 18.7 Å². The fraction of sp³-hybridized carbons (Fsp3) is 0.222. The fourth-order valence-corrected chi connectivity index (χ4v) is 3.48. The standard InChI is InChI=1S/C18H20N6O5S/c1-11-14(10-19-24(11)2)17(25)20-12-5-7-13(8-6-12)30(26,27)23-15-9-16(28-3)22-18(21-15)29-4/h5-10H,1-4H3,(H,20,25)(H,21,22,23). The first-order valence-electron chi connectivity index (χ1n) is 8.63. The van der Waals surface area contributed by atoms with E-state index in [-0.39, 0.29) is 28.5 Å². The van der Waals surface area contributed by atoms with Gasteiger partial charge in [0.25, 0.3) is 15.9 Å². The molecule has 30 heavy (non-hydrogen) atoms. The number of rotatable bonds is 7. The summed E-state index contributed by atoms with van der Waals surface area (Å²) in [6.07, 6.45) is 1.47. The highest BCUT2D eigenvalue weighted by molar-refractivity contribution is 7.92. The van der Waals surface area contributed by atoms with Crippen molar-refractivity contribution in [2.75, 3.05) is 24.3 Å². The largest absolute Gasteiger partial charge is 0.481 e. The zero-order chi connectivity index (χ0) is 21.9. The number of hydrogen-bond acceptors (Lipinski definition) is 8. The van der Waals surface area contributed by atoms with Gasteiger partial charge in [0, 0.05) is 24.5 Å². The molecule has 0 bridgehead atoms. The van der Waals surface area contributed by atoms with Gasteiger partial charge in [0.05, 0.1) is 30.9 Å². The predicted molar refractivity (Wildman–Crippen MR) is 108 cm³/mol. The van der Waals surface area contributed by atoms with Crippen LogP contribution in [0.1, 0.15) is 16.1 Å². The average molecular weight is 432 g/mol. The van der Waals surface area contributed by atoms with Crippen LogP contribution in [-0.4, -0.2) is 48.3 Å². The first-order chi connectivity index (χ1) is 14.2. The van der Waals surface area contributed by atoms with Crippen molar-refractivity contribution in [2.45, 2.75) is 11.8 Å². The third-order valence-corrected chi connectivity index (χ3v) is 5.59. The summed E-state index contributed by atoms with van der Waals surface area (Å²) in [6.45, 7) is 1.78. The molecule has 0 radical (unpaired) electrons. The Morgan fingerprint density at radius 2 is 1.80 bits per heavy atom. The minimum atomic E-state index is -3.94. The highest BCUT2D eigenvalue weighted by Crippen LogP contribution is 2.22. The molecule has 0 saturated carbocycles. The maximum atomic E-state index is 12.7. The zero-order valence-corrected chi connectivity index (χ0v) is 17.5. The molecule has 2 N–H and O–H groups in total. The first kappa shape index (κ1) is 21.0. The summed E-state index contributed by atoms with van der Waals surface area (Å²) >= 11 is 0. The van der Waals surface area contributed by atoms with Gasteiger partial charge in [0.1, 0.15) is 0 Å². The fourth-order valence-electron chi connectivity index (χ4n) is 2.49. The summed E-state index contributed by atoms with van der Waals surface area (Å²) in [5.41, 5.74) is 1.58. The molecule has 3 rings (SSSR count). The molecule has 0 aliphatic rings. The van der Waals surface area contributed by atoms with E-state index in [4.69, 9.17) is 9.47 Å². The van der Waals surface area contributed by atoms with Crippen LogP contribution in [0.5, 0.6) is 11.9 Å². The van der Waals surface area contributed by atoms with E-state index in [1.165, 1.54) is 50.7 Å². The van der Waals surface area contributed by atoms with E-state index < -0.39 is 10.0 Å². The van der Waals surface area contributed by atoms with E-state index in [2.05, 4.69) is 25.1 Å². The van der Waals surface area contributed by atoms with Crippen molar-refractivity contribution < 1.29 is 22.7 Å². The number of nitrogens with one attached hydrogen (secondary N) is 2. The van der Waals surface area contributed by atoms with Crippen LogP contribution in [0.15, 0.2) is 41.4 Å². The molecule has 1 amide bonds. The Morgan fingerprint density at radius 3 is 2.37 bits per heavy atom. The molecule has 0 fully saturated rings. The monoisotopic (exact) mass is 432 g/mol. The first-order valence-corrected chi connectivity index (χ1v) is 10.1. The molecule has 2 aromatic heterocycles. The van der Waals surface area contributed by atoms with E-state index >= 15 is 0 Å². The third kappa shape index (κ3) is 4.49. The molecule has 0 spiro atoms. The highest BCUT2D eigenvalue weighted by Gasteiger charge is 2.18. The lowest BCUT2D eigenvalue weighted by Gasteiger charge is -2.10. The second-order valence-corrected chi connectivity index (χ2v) is 7.82. The molecule has 3 aromatic rings. The van der Waals surface area contributed by atoms with Gasteiger partial charge < -0.3 is 14.8 Å². The SMILES string of the molecule is COc1cc(NS(=O)(=O)c2ccc(NC(=O)c3cnn(C)c3C)cc2)nc(OC)n1. The van der Waals surface area contributed by atoms with Crippen LogP contribution >= 0.6 is 0 Å². The van der Waals surface area contributed by atoms with Gasteiger partial charge >= 0.3 is 6.01 Å². The minimum Gasteiger partial charge on any atom is -0.481 e. The van der Waals surface area contributed by atoms with Gasteiger partial charge in [-0.25, -0.2) is 8.42 Å². The van der Waals surface area contributed by atoms with E-state index in [0.29, 0.717) is 16.9 Å². The Hall–Kier alpha value is -3.67. The van der Waals surface area contributed by atoms with E-state index in [9.17, 15) is 13.2 Å². The van der Waals surface area contributed by atoms with Gasteiger partial charge in [-0.15, -0.1) is 0 Å². The predicted octanol–water partition coefficient (Wildman–Crippen LogP) is 1.59. The van der Waals surface area contributed by atoms with E-state index in [1.807, 2.05) is 0 Å². The summed E-state index contributed by atoms with van der Waals surface area (Å²) in [6, 6.07) is 6.98. The maximum absolute atomic E-state index is 12.7. The van der Waals surface area contributed by atoms with Gasteiger partial charge in [-0.3, -0.25) is 14.2 Å². The molecule has 0 aliphatic carbocycles. The Morgan fingerprint density at radius 1 is 1.10 bits per heavy atom. The summed E-state index contributed by atoms with van der Waals surface area (Å²) in [7, 11) is 0.539. The summed E-state index contributed by atoms with van der Waals surface area (Å²) in [4.78, 5) is 20.2. The third-order valence-electron chi connectivity index (χ3n) is 4.22. The number of amides is 1. The number of ether oxygens (including phenoxy) is 2. The molecular weight excluding hydrogens is 412 g/mol. The van der Waals surface area contributed by atoms with Gasteiger partial charge in [-0.1, -0.05) is 0 Å². The van der Waals surface area contributed by atoms with Crippen molar-refractivity contribution in [1.82, 2.24) is 19.7 Å². The number of nitrogens with zero attached hydrogens (tertiary/aromatic N) is 4. The van der Waals surface area contributed by atoms with Crippen LogP contribution < -0.4 is 19.5 Å². The number of aromatic nitrogens is 4. The average Bonchev–Trinajstić information content (AvgIpc) is 3.06. The highest BCUT2D eigenvalue weighted by atomic mass is 32.2. The van der Waals surface area contributed by atoms with Crippen molar-refractivity contribution in [3.05, 3.63) is 47.8 Å². The maximum Gasteiger partial charge on any atom is 0.321 e. The summed E-state index contributed by atoms with van der Waals surface area (Å²) < 4.78 is 39.2.